The molecule has 0 unspecified atom stereocenters. The minimum atomic E-state index is -2.77. The smallest absolute Gasteiger partial charge is 0.399 e. The van der Waals surface area contributed by atoms with Gasteiger partial charge in [0.05, 0.1) is 24.3 Å². The van der Waals surface area contributed by atoms with E-state index in [1.54, 1.807) is 18.2 Å². The minimum absolute atomic E-state index is 0.376. The molecule has 24 heavy (non-hydrogen) atoms. The number of amides is 1. The van der Waals surface area contributed by atoms with Crippen LogP contribution in [0.25, 0.3) is 0 Å². The van der Waals surface area contributed by atoms with Gasteiger partial charge in [-0.3, -0.25) is 4.79 Å². The van der Waals surface area contributed by atoms with Gasteiger partial charge >= 0.3 is 7.12 Å². The standard InChI is InChI=1S/C17H22BF2NO3/c1-11-6-7-12(14(22)21-9-17(19,20)10-21)8-13(11)18-23-15(2,3)16(4,5)24-18/h6-8H,9-10H2,1-5H3. The Kier molecular flexibility index (Phi) is 3.81. The van der Waals surface area contributed by atoms with Gasteiger partial charge in [-0.05, 0) is 52.2 Å². The van der Waals surface area contributed by atoms with E-state index in [1.807, 2.05) is 34.6 Å². The lowest BCUT2D eigenvalue weighted by Gasteiger charge is -2.38. The zero-order valence-electron chi connectivity index (χ0n) is 14.7. The zero-order valence-corrected chi connectivity index (χ0v) is 14.7. The summed E-state index contributed by atoms with van der Waals surface area (Å²) in [6.07, 6.45) is 0. The van der Waals surface area contributed by atoms with E-state index < -0.39 is 43.2 Å². The fraction of sp³-hybridized carbons (Fsp3) is 0.588. The first-order valence-corrected chi connectivity index (χ1v) is 8.05. The SMILES string of the molecule is Cc1ccc(C(=O)N2CC(F)(F)C2)cc1B1OC(C)(C)C(C)(C)O1. The Morgan fingerprint density at radius 2 is 1.67 bits per heavy atom. The third kappa shape index (κ3) is 2.84. The Balaban J connectivity index is 1.84. The molecule has 4 nitrogen and oxygen atoms in total. The Morgan fingerprint density at radius 1 is 1.12 bits per heavy atom. The normalized spacial score (nSPS) is 24.0. The van der Waals surface area contributed by atoms with E-state index in [0.29, 0.717) is 5.56 Å². The van der Waals surface area contributed by atoms with Gasteiger partial charge in [0.25, 0.3) is 11.8 Å². The molecule has 2 aliphatic rings. The van der Waals surface area contributed by atoms with Crippen molar-refractivity contribution in [2.24, 2.45) is 0 Å². The lowest BCUT2D eigenvalue weighted by molar-refractivity contribution is -0.113. The number of alkyl halides is 2. The summed E-state index contributed by atoms with van der Waals surface area (Å²) in [6.45, 7) is 8.70. The molecule has 2 saturated heterocycles. The Bertz CT molecular complexity index is 666. The van der Waals surface area contributed by atoms with Crippen LogP contribution in [-0.2, 0) is 9.31 Å². The predicted octanol–water partition coefficient (Wildman–Crippen LogP) is 2.39. The first-order chi connectivity index (χ1) is 10.9. The maximum absolute atomic E-state index is 13.0. The summed E-state index contributed by atoms with van der Waals surface area (Å²) in [5, 5.41) is 0. The summed E-state index contributed by atoms with van der Waals surface area (Å²) in [5.74, 6) is -3.16. The van der Waals surface area contributed by atoms with Crippen LogP contribution in [0.3, 0.4) is 0 Å². The number of benzene rings is 1. The molecule has 0 radical (unpaired) electrons. The molecule has 1 aromatic carbocycles. The van der Waals surface area contributed by atoms with Crippen LogP contribution in [0.15, 0.2) is 18.2 Å². The second-order valence-corrected chi connectivity index (χ2v) is 7.68. The average Bonchev–Trinajstić information content (AvgIpc) is 2.64. The summed E-state index contributed by atoms with van der Waals surface area (Å²) < 4.78 is 38.0. The molecular formula is C17H22BF2NO3. The maximum atomic E-state index is 13.0. The minimum Gasteiger partial charge on any atom is -0.399 e. The van der Waals surface area contributed by atoms with Crippen LogP contribution in [0.5, 0.6) is 0 Å². The van der Waals surface area contributed by atoms with Crippen molar-refractivity contribution in [3.63, 3.8) is 0 Å². The van der Waals surface area contributed by atoms with Crippen molar-refractivity contribution in [2.45, 2.75) is 51.7 Å². The average molecular weight is 337 g/mol. The summed E-state index contributed by atoms with van der Waals surface area (Å²) in [7, 11) is -0.583. The van der Waals surface area contributed by atoms with Crippen molar-refractivity contribution in [3.05, 3.63) is 29.3 Å². The number of likely N-dealkylation sites (tertiary alicyclic amines) is 1. The molecule has 0 N–H and O–H groups in total. The Labute approximate surface area is 141 Å². The predicted molar refractivity (Wildman–Crippen MR) is 87.7 cm³/mol. The zero-order chi connectivity index (χ0) is 17.9. The highest BCUT2D eigenvalue weighted by molar-refractivity contribution is 6.62. The van der Waals surface area contributed by atoms with Crippen LogP contribution in [0.2, 0.25) is 0 Å². The van der Waals surface area contributed by atoms with Crippen molar-refractivity contribution in [1.29, 1.82) is 0 Å². The van der Waals surface area contributed by atoms with Crippen LogP contribution >= 0.6 is 0 Å². The number of carbonyl (C=O) groups excluding carboxylic acids is 1. The monoisotopic (exact) mass is 337 g/mol. The number of hydrogen-bond donors (Lipinski definition) is 0. The van der Waals surface area contributed by atoms with E-state index in [9.17, 15) is 13.6 Å². The van der Waals surface area contributed by atoms with Crippen molar-refractivity contribution in [2.75, 3.05) is 13.1 Å². The van der Waals surface area contributed by atoms with Gasteiger partial charge in [0.1, 0.15) is 0 Å². The van der Waals surface area contributed by atoms with Crippen LogP contribution in [0.1, 0.15) is 43.6 Å². The molecular weight excluding hydrogens is 315 g/mol. The largest absolute Gasteiger partial charge is 0.495 e. The van der Waals surface area contributed by atoms with E-state index in [1.165, 1.54) is 0 Å². The molecule has 1 amide bonds. The first-order valence-electron chi connectivity index (χ1n) is 8.05. The summed E-state index contributed by atoms with van der Waals surface area (Å²) >= 11 is 0. The Morgan fingerprint density at radius 3 is 2.17 bits per heavy atom. The van der Waals surface area contributed by atoms with E-state index in [4.69, 9.17) is 9.31 Å². The second kappa shape index (κ2) is 5.26. The highest BCUT2D eigenvalue weighted by Crippen LogP contribution is 2.36. The van der Waals surface area contributed by atoms with Gasteiger partial charge in [-0.25, -0.2) is 8.78 Å². The molecule has 0 saturated carbocycles. The molecule has 2 heterocycles. The van der Waals surface area contributed by atoms with Gasteiger partial charge in [0.15, 0.2) is 0 Å². The van der Waals surface area contributed by atoms with Gasteiger partial charge in [-0.2, -0.15) is 0 Å². The topological polar surface area (TPSA) is 38.8 Å². The molecule has 130 valence electrons. The molecule has 0 spiro atoms. The fourth-order valence-corrected chi connectivity index (χ4v) is 2.84. The van der Waals surface area contributed by atoms with Gasteiger partial charge in [0.2, 0.25) is 0 Å². The van der Waals surface area contributed by atoms with Gasteiger partial charge < -0.3 is 14.2 Å². The molecule has 0 bridgehead atoms. The van der Waals surface area contributed by atoms with Crippen molar-refractivity contribution in [3.8, 4) is 0 Å². The van der Waals surface area contributed by atoms with Crippen molar-refractivity contribution < 1.29 is 22.9 Å². The second-order valence-electron chi connectivity index (χ2n) is 7.68. The molecule has 3 rings (SSSR count). The maximum Gasteiger partial charge on any atom is 0.495 e. The fourth-order valence-electron chi connectivity index (χ4n) is 2.84. The summed E-state index contributed by atoms with van der Waals surface area (Å²) in [4.78, 5) is 13.5. The number of carbonyl (C=O) groups is 1. The van der Waals surface area contributed by atoms with Crippen LogP contribution in [0.4, 0.5) is 8.78 Å². The number of aryl methyl sites for hydroxylation is 1. The Hall–Kier alpha value is -1.47. The molecule has 0 aromatic heterocycles. The van der Waals surface area contributed by atoms with Crippen LogP contribution < -0.4 is 5.46 Å². The summed E-state index contributed by atoms with van der Waals surface area (Å²) in [6, 6.07) is 5.14. The van der Waals surface area contributed by atoms with E-state index in [0.717, 1.165) is 15.9 Å². The molecule has 2 fully saturated rings. The van der Waals surface area contributed by atoms with Gasteiger partial charge in [0, 0.05) is 5.56 Å². The van der Waals surface area contributed by atoms with Crippen molar-refractivity contribution >= 4 is 18.5 Å². The molecule has 0 aliphatic carbocycles. The summed E-state index contributed by atoms with van der Waals surface area (Å²) in [5.41, 5.74) is 1.10. The molecule has 2 aliphatic heterocycles. The lowest BCUT2D eigenvalue weighted by Crippen LogP contribution is -2.58. The molecule has 1 aromatic rings. The van der Waals surface area contributed by atoms with Crippen LogP contribution in [-0.4, -0.2) is 48.1 Å². The lowest BCUT2D eigenvalue weighted by atomic mass is 9.75. The highest BCUT2D eigenvalue weighted by Gasteiger charge is 2.52. The van der Waals surface area contributed by atoms with Crippen LogP contribution in [0, 0.1) is 6.92 Å². The highest BCUT2D eigenvalue weighted by atomic mass is 19.3. The molecule has 0 atom stereocenters. The van der Waals surface area contributed by atoms with E-state index in [-0.39, 0.29) is 0 Å². The molecule has 7 heteroatoms. The number of rotatable bonds is 2. The number of halogens is 2. The number of hydrogen-bond acceptors (Lipinski definition) is 3. The third-order valence-corrected chi connectivity index (χ3v) is 5.16. The number of nitrogens with zero attached hydrogens (tertiary/aromatic N) is 1. The third-order valence-electron chi connectivity index (χ3n) is 5.16. The quantitative estimate of drug-likeness (QED) is 0.778. The van der Waals surface area contributed by atoms with Gasteiger partial charge in [-0.15, -0.1) is 0 Å². The van der Waals surface area contributed by atoms with E-state index >= 15 is 0 Å². The first kappa shape index (κ1) is 17.4. The van der Waals surface area contributed by atoms with Crippen molar-refractivity contribution in [1.82, 2.24) is 4.90 Å². The van der Waals surface area contributed by atoms with Gasteiger partial charge in [-0.1, -0.05) is 11.6 Å². The van der Waals surface area contributed by atoms with E-state index in [2.05, 4.69) is 0 Å².